The van der Waals surface area contributed by atoms with E-state index in [4.69, 9.17) is 18.8 Å². The van der Waals surface area contributed by atoms with Gasteiger partial charge in [0.15, 0.2) is 0 Å². The zero-order chi connectivity index (χ0) is 37.8. The Morgan fingerprint density at radius 1 is 1.16 bits per heavy atom. The van der Waals surface area contributed by atoms with Crippen LogP contribution in [0.1, 0.15) is 62.8 Å². The highest BCUT2D eigenvalue weighted by Crippen LogP contribution is 2.41. The van der Waals surface area contributed by atoms with Crippen molar-refractivity contribution >= 4 is 23.3 Å². The molecule has 0 spiro atoms. The van der Waals surface area contributed by atoms with Gasteiger partial charge in [0.2, 0.25) is 11.3 Å². The van der Waals surface area contributed by atoms with Gasteiger partial charge in [-0.05, 0) is 38.5 Å². The number of carbonyl (C=O) groups is 2. The Bertz CT molecular complexity index is 1560. The van der Waals surface area contributed by atoms with Crippen LogP contribution in [0.3, 0.4) is 0 Å². The number of amides is 2. The molecule has 0 unspecified atom stereocenters. The number of rotatable bonds is 13. The van der Waals surface area contributed by atoms with Gasteiger partial charge in [-0.3, -0.25) is 19.7 Å². The number of halogens is 6. The van der Waals surface area contributed by atoms with Gasteiger partial charge in [-0.25, -0.2) is 15.8 Å². The van der Waals surface area contributed by atoms with Gasteiger partial charge in [0.1, 0.15) is 11.4 Å². The molecule has 0 bridgehead atoms. The first-order valence-corrected chi connectivity index (χ1v) is 12.0. The molecule has 0 aliphatic heterocycles. The smallest absolute Gasteiger partial charge is 0.364 e. The number of allylic oxidation sites excluding steroid dienone is 1. The van der Waals surface area contributed by atoms with E-state index >= 15 is 0 Å². The van der Waals surface area contributed by atoms with Gasteiger partial charge in [-0.1, -0.05) is 42.5 Å². The number of nitrogens with one attached hydrogen (secondary N) is 1. The second kappa shape index (κ2) is 13.3. The van der Waals surface area contributed by atoms with Crippen LogP contribution >= 0.6 is 0 Å². The first-order valence-electron chi connectivity index (χ1n) is 15.0. The van der Waals surface area contributed by atoms with Crippen molar-refractivity contribution in [1.82, 2.24) is 9.99 Å². The molecule has 43 heavy (non-hydrogen) atoms. The number of aromatic nitrogens is 1. The molecule has 2 amide bonds. The summed E-state index contributed by atoms with van der Waals surface area (Å²) < 4.78 is 138. The zero-order valence-electron chi connectivity index (χ0n) is 28.1. The Kier molecular flexibility index (Phi) is 8.16. The summed E-state index contributed by atoms with van der Waals surface area (Å²) in [6, 6.07) is 6.70. The number of alkyl halides is 6. The third kappa shape index (κ3) is 8.16. The highest BCUT2D eigenvalue weighted by atomic mass is 19.4. The fraction of sp³-hybridized carbons (Fsp3) is 0.370. The lowest BCUT2D eigenvalue weighted by molar-refractivity contribution is -0.385. The molecule has 234 valence electrons. The molecule has 0 saturated heterocycles. The molecule has 1 atom stereocenters. The summed E-state index contributed by atoms with van der Waals surface area (Å²) in [7, 11) is 0. The highest BCUT2D eigenvalue weighted by molar-refractivity contribution is 6.08. The average Bonchev–Trinajstić information content (AvgIpc) is 2.97. The van der Waals surface area contributed by atoms with Crippen molar-refractivity contribution in [3.05, 3.63) is 88.6 Å². The Balaban J connectivity index is 2.87. The summed E-state index contributed by atoms with van der Waals surface area (Å²) in [6.07, 6.45) is -12.5. The fourth-order valence-corrected chi connectivity index (χ4v) is 3.65. The third-order valence-corrected chi connectivity index (χ3v) is 5.76. The minimum Gasteiger partial charge on any atom is -0.364 e. The van der Waals surface area contributed by atoms with Crippen molar-refractivity contribution in [3.8, 4) is 0 Å². The average molecular weight is 624 g/mol. The van der Waals surface area contributed by atoms with Gasteiger partial charge in [0.05, 0.1) is 11.5 Å². The summed E-state index contributed by atoms with van der Waals surface area (Å²) in [5, 5.41) is 12.7. The maximum absolute atomic E-state index is 14.7. The molecule has 2 rings (SSSR count). The van der Waals surface area contributed by atoms with E-state index in [1.165, 1.54) is 30.3 Å². The normalized spacial score (nSPS) is 16.2. The van der Waals surface area contributed by atoms with Crippen LogP contribution in [0, 0.1) is 10.1 Å². The standard InChI is InChI=1S/C27H29F6N5O5/c1-5-7-14-25(27(31,32)33,43-16-17-11-9-8-10-12-17)23(40)37(34)22(39)20-19(38(41)42)15-18(26(28,29)30)21(35-20)36-24(3,4)13-6-2/h5-6,8-12,15H,1-2,7,13-14,16,34H2,3-4H3,(H,35,36)/t25-/m1/s1/i3D3,4D3. The maximum Gasteiger partial charge on any atom is 0.426 e. The molecule has 3 N–H and O–H groups in total. The zero-order valence-corrected chi connectivity index (χ0v) is 22.1. The number of benzene rings is 1. The number of hydrogen-bond acceptors (Lipinski definition) is 8. The molecule has 2 aromatic rings. The minimum atomic E-state index is -5.63. The number of hydrogen-bond donors (Lipinski definition) is 2. The highest BCUT2D eigenvalue weighted by Gasteiger charge is 2.63. The summed E-state index contributed by atoms with van der Waals surface area (Å²) in [5.74, 6) is -0.895. The lowest BCUT2D eigenvalue weighted by atomic mass is 9.94. The van der Waals surface area contributed by atoms with Gasteiger partial charge in [-0.2, -0.15) is 26.3 Å². The number of pyridine rings is 1. The Hall–Kier alpha value is -4.31. The molecular weight excluding hydrogens is 588 g/mol. The van der Waals surface area contributed by atoms with E-state index in [2.05, 4.69) is 18.1 Å². The van der Waals surface area contributed by atoms with Gasteiger partial charge >= 0.3 is 23.9 Å². The van der Waals surface area contributed by atoms with Crippen LogP contribution in [0.4, 0.5) is 37.8 Å². The molecule has 1 aromatic heterocycles. The van der Waals surface area contributed by atoms with Crippen LogP contribution < -0.4 is 11.2 Å². The Morgan fingerprint density at radius 2 is 1.79 bits per heavy atom. The molecule has 0 radical (unpaired) electrons. The lowest BCUT2D eigenvalue weighted by Crippen LogP contribution is -2.62. The molecule has 1 heterocycles. The molecular formula is C27H29F6N5O5. The number of nitro groups is 1. The number of imide groups is 1. The summed E-state index contributed by atoms with van der Waals surface area (Å²) >= 11 is 0. The van der Waals surface area contributed by atoms with E-state index in [0.29, 0.717) is 0 Å². The fourth-order valence-electron chi connectivity index (χ4n) is 3.65. The van der Waals surface area contributed by atoms with Gasteiger partial charge < -0.3 is 10.1 Å². The van der Waals surface area contributed by atoms with Gasteiger partial charge in [-0.15, -0.1) is 13.2 Å². The second-order valence-corrected chi connectivity index (χ2v) is 8.94. The summed E-state index contributed by atoms with van der Waals surface area (Å²) in [6.45, 7) is -1.74. The number of hydrazine groups is 1. The maximum atomic E-state index is 14.7. The van der Waals surface area contributed by atoms with E-state index in [1.807, 2.05) is 0 Å². The first-order chi connectivity index (χ1) is 22.3. The van der Waals surface area contributed by atoms with Gasteiger partial charge in [0, 0.05) is 19.8 Å². The van der Waals surface area contributed by atoms with Crippen molar-refractivity contribution in [2.75, 3.05) is 5.32 Å². The molecule has 0 aliphatic rings. The van der Waals surface area contributed by atoms with Crippen molar-refractivity contribution < 1.29 is 53.8 Å². The second-order valence-electron chi connectivity index (χ2n) is 8.94. The number of nitrogens with zero attached hydrogens (tertiary/aromatic N) is 3. The first kappa shape index (κ1) is 26.3. The van der Waals surface area contributed by atoms with E-state index < -0.39 is 108 Å². The molecule has 0 aliphatic carbocycles. The summed E-state index contributed by atoms with van der Waals surface area (Å²) in [4.78, 5) is 40.3. The van der Waals surface area contributed by atoms with Crippen LogP contribution in [0.25, 0.3) is 0 Å². The van der Waals surface area contributed by atoms with Crippen molar-refractivity contribution in [3.63, 3.8) is 0 Å². The number of ether oxygens (including phenoxy) is 1. The van der Waals surface area contributed by atoms with E-state index in [-0.39, 0.29) is 11.6 Å². The van der Waals surface area contributed by atoms with Gasteiger partial charge in [0.25, 0.3) is 5.91 Å². The van der Waals surface area contributed by atoms with E-state index in [9.17, 15) is 46.0 Å². The van der Waals surface area contributed by atoms with E-state index in [1.54, 1.807) is 5.32 Å². The largest absolute Gasteiger partial charge is 0.426 e. The van der Waals surface area contributed by atoms with Crippen LogP contribution in [-0.4, -0.2) is 44.0 Å². The monoisotopic (exact) mass is 623 g/mol. The van der Waals surface area contributed by atoms with Crippen LogP contribution in [0.15, 0.2) is 61.7 Å². The van der Waals surface area contributed by atoms with Crippen molar-refractivity contribution in [1.29, 1.82) is 0 Å². The van der Waals surface area contributed by atoms with E-state index in [0.717, 1.165) is 12.2 Å². The Labute approximate surface area is 250 Å². The van der Waals surface area contributed by atoms with Crippen molar-refractivity contribution in [2.45, 2.75) is 63.1 Å². The molecule has 16 heteroatoms. The summed E-state index contributed by atoms with van der Waals surface area (Å²) in [5.41, 5.74) is -12.9. The predicted molar refractivity (Wildman–Crippen MR) is 143 cm³/mol. The quantitative estimate of drug-likeness (QED) is 0.0681. The van der Waals surface area contributed by atoms with Crippen molar-refractivity contribution in [2.24, 2.45) is 5.84 Å². The van der Waals surface area contributed by atoms with Crippen LogP contribution in [0.5, 0.6) is 0 Å². The number of carbonyl (C=O) groups excluding carboxylic acids is 2. The topological polar surface area (TPSA) is 141 Å². The molecule has 10 nitrogen and oxygen atoms in total. The number of anilines is 1. The third-order valence-electron chi connectivity index (χ3n) is 5.76. The van der Waals surface area contributed by atoms with Crippen LogP contribution in [-0.2, 0) is 22.3 Å². The Morgan fingerprint density at radius 3 is 2.28 bits per heavy atom. The SMILES string of the molecule is [2H]C([2H])([2H])C(CC=C)(Nc1nc(C(=O)N(N)C(=O)[C@@](CCC=C)(OCc2ccccc2)C(F)(F)F)c([N+](=O)[O-])cc1C(F)(F)F)C([2H])([2H])[2H]. The molecule has 0 fully saturated rings. The number of nitrogens with two attached hydrogens (primary N) is 1. The lowest BCUT2D eigenvalue weighted by Gasteiger charge is -2.36. The minimum absolute atomic E-state index is 0.125. The molecule has 0 saturated carbocycles. The predicted octanol–water partition coefficient (Wildman–Crippen LogP) is 6.10. The molecule has 1 aromatic carbocycles. The van der Waals surface area contributed by atoms with Crippen LogP contribution in [0.2, 0.25) is 0 Å².